The second kappa shape index (κ2) is 4.14. The summed E-state index contributed by atoms with van der Waals surface area (Å²) in [5.74, 6) is 6.22. The van der Waals surface area contributed by atoms with Crippen molar-refractivity contribution < 1.29 is 4.42 Å². The van der Waals surface area contributed by atoms with Crippen molar-refractivity contribution in [1.29, 1.82) is 0 Å². The van der Waals surface area contributed by atoms with Crippen molar-refractivity contribution in [3.8, 4) is 0 Å². The lowest BCUT2D eigenvalue weighted by molar-refractivity contribution is 0.455. The fourth-order valence-electron chi connectivity index (χ4n) is 1.25. The molecule has 0 aliphatic carbocycles. The molecule has 0 spiro atoms. The van der Waals surface area contributed by atoms with Crippen LogP contribution in [0.3, 0.4) is 0 Å². The van der Waals surface area contributed by atoms with Gasteiger partial charge in [0.25, 0.3) is 0 Å². The van der Waals surface area contributed by atoms with Crippen LogP contribution >= 0.6 is 22.9 Å². The third kappa shape index (κ3) is 1.69. The average molecular weight is 229 g/mol. The molecule has 0 aromatic carbocycles. The molecule has 14 heavy (non-hydrogen) atoms. The van der Waals surface area contributed by atoms with E-state index in [0.717, 1.165) is 10.6 Å². The SMILES string of the molecule is NNC(c1ccco1)c1sccc1Cl. The summed E-state index contributed by atoms with van der Waals surface area (Å²) in [6, 6.07) is 5.36. The molecule has 0 radical (unpaired) electrons. The van der Waals surface area contributed by atoms with E-state index in [9.17, 15) is 0 Å². The number of hydrogen-bond donors (Lipinski definition) is 2. The molecular formula is C9H9ClN2OS. The van der Waals surface area contributed by atoms with Crippen molar-refractivity contribution >= 4 is 22.9 Å². The van der Waals surface area contributed by atoms with Crippen LogP contribution in [0, 0.1) is 0 Å². The van der Waals surface area contributed by atoms with Crippen LogP contribution in [0.25, 0.3) is 0 Å². The van der Waals surface area contributed by atoms with E-state index in [-0.39, 0.29) is 6.04 Å². The quantitative estimate of drug-likeness (QED) is 0.627. The number of rotatable bonds is 3. The number of halogens is 1. The van der Waals surface area contributed by atoms with Gasteiger partial charge in [-0.05, 0) is 23.6 Å². The van der Waals surface area contributed by atoms with Gasteiger partial charge in [-0.15, -0.1) is 11.3 Å². The third-order valence-corrected chi connectivity index (χ3v) is 3.32. The van der Waals surface area contributed by atoms with Crippen LogP contribution in [0.4, 0.5) is 0 Å². The Balaban J connectivity index is 2.36. The molecule has 0 fully saturated rings. The third-order valence-electron chi connectivity index (χ3n) is 1.90. The van der Waals surface area contributed by atoms with Gasteiger partial charge >= 0.3 is 0 Å². The zero-order chi connectivity index (χ0) is 9.97. The van der Waals surface area contributed by atoms with Gasteiger partial charge in [-0.2, -0.15) is 0 Å². The lowest BCUT2D eigenvalue weighted by Gasteiger charge is -2.11. The number of hydrogen-bond acceptors (Lipinski definition) is 4. The van der Waals surface area contributed by atoms with Gasteiger partial charge < -0.3 is 4.42 Å². The highest BCUT2D eigenvalue weighted by atomic mass is 35.5. The number of hydrazine groups is 1. The highest BCUT2D eigenvalue weighted by Crippen LogP contribution is 2.32. The summed E-state index contributed by atoms with van der Waals surface area (Å²) in [7, 11) is 0. The van der Waals surface area contributed by atoms with Crippen LogP contribution in [0.1, 0.15) is 16.7 Å². The standard InChI is InChI=1S/C9H9ClN2OS/c10-6-3-5-14-9(6)8(12-11)7-2-1-4-13-7/h1-5,8,12H,11H2. The molecule has 0 amide bonds. The van der Waals surface area contributed by atoms with Crippen LogP contribution in [0.15, 0.2) is 34.3 Å². The predicted molar refractivity (Wildman–Crippen MR) is 57.2 cm³/mol. The van der Waals surface area contributed by atoms with E-state index in [4.69, 9.17) is 21.9 Å². The molecule has 74 valence electrons. The molecule has 2 heterocycles. The molecule has 0 bridgehead atoms. The summed E-state index contributed by atoms with van der Waals surface area (Å²) in [4.78, 5) is 0.962. The van der Waals surface area contributed by atoms with Crippen molar-refractivity contribution in [2.45, 2.75) is 6.04 Å². The summed E-state index contributed by atoms with van der Waals surface area (Å²) < 4.78 is 5.27. The zero-order valence-electron chi connectivity index (χ0n) is 7.24. The molecule has 0 saturated heterocycles. The molecule has 1 atom stereocenters. The Morgan fingerprint density at radius 1 is 1.50 bits per heavy atom. The van der Waals surface area contributed by atoms with E-state index in [2.05, 4.69) is 5.43 Å². The molecule has 2 aromatic rings. The summed E-state index contributed by atoms with van der Waals surface area (Å²) in [5.41, 5.74) is 2.68. The van der Waals surface area contributed by atoms with Crippen molar-refractivity contribution in [3.05, 3.63) is 45.5 Å². The summed E-state index contributed by atoms with van der Waals surface area (Å²) in [6.45, 7) is 0. The molecule has 0 aliphatic heterocycles. The Labute approximate surface area is 90.5 Å². The molecule has 0 aliphatic rings. The van der Waals surface area contributed by atoms with E-state index in [0.29, 0.717) is 5.02 Å². The molecule has 1 unspecified atom stereocenters. The lowest BCUT2D eigenvalue weighted by Crippen LogP contribution is -2.28. The fraction of sp³-hybridized carbons (Fsp3) is 0.111. The van der Waals surface area contributed by atoms with Crippen molar-refractivity contribution in [2.24, 2.45) is 5.84 Å². The number of furan rings is 1. The number of nitrogens with two attached hydrogens (primary N) is 1. The van der Waals surface area contributed by atoms with Crippen LogP contribution in [0.5, 0.6) is 0 Å². The normalized spacial score (nSPS) is 13.0. The van der Waals surface area contributed by atoms with E-state index >= 15 is 0 Å². The maximum Gasteiger partial charge on any atom is 0.127 e. The van der Waals surface area contributed by atoms with Gasteiger partial charge in [0, 0.05) is 4.88 Å². The van der Waals surface area contributed by atoms with E-state index in [1.165, 1.54) is 0 Å². The van der Waals surface area contributed by atoms with Gasteiger partial charge in [0.1, 0.15) is 11.8 Å². The monoisotopic (exact) mass is 228 g/mol. The van der Waals surface area contributed by atoms with Crippen LogP contribution in [-0.2, 0) is 0 Å². The van der Waals surface area contributed by atoms with Gasteiger partial charge in [-0.3, -0.25) is 5.84 Å². The van der Waals surface area contributed by atoms with Crippen LogP contribution < -0.4 is 11.3 Å². The summed E-state index contributed by atoms with van der Waals surface area (Å²) in [5, 5.41) is 2.62. The van der Waals surface area contributed by atoms with E-state index in [1.807, 2.05) is 23.6 Å². The summed E-state index contributed by atoms with van der Waals surface area (Å²) in [6.07, 6.45) is 1.61. The first kappa shape index (κ1) is 9.73. The Morgan fingerprint density at radius 2 is 2.36 bits per heavy atom. The van der Waals surface area contributed by atoms with E-state index in [1.54, 1.807) is 17.6 Å². The maximum absolute atomic E-state index is 6.00. The Hall–Kier alpha value is -0.810. The predicted octanol–water partition coefficient (Wildman–Crippen LogP) is 2.55. The minimum Gasteiger partial charge on any atom is -0.467 e. The van der Waals surface area contributed by atoms with E-state index < -0.39 is 0 Å². The Morgan fingerprint density at radius 3 is 2.86 bits per heavy atom. The van der Waals surface area contributed by atoms with Crippen molar-refractivity contribution in [3.63, 3.8) is 0 Å². The molecule has 5 heteroatoms. The van der Waals surface area contributed by atoms with Crippen molar-refractivity contribution in [2.75, 3.05) is 0 Å². The van der Waals surface area contributed by atoms with Crippen LogP contribution in [0.2, 0.25) is 5.02 Å². The second-order valence-corrected chi connectivity index (χ2v) is 4.10. The highest BCUT2D eigenvalue weighted by molar-refractivity contribution is 7.10. The largest absolute Gasteiger partial charge is 0.467 e. The Bertz CT molecular complexity index is 399. The van der Waals surface area contributed by atoms with Gasteiger partial charge in [-0.25, -0.2) is 5.43 Å². The minimum atomic E-state index is -0.169. The van der Waals surface area contributed by atoms with Gasteiger partial charge in [-0.1, -0.05) is 11.6 Å². The first-order chi connectivity index (χ1) is 6.83. The lowest BCUT2D eigenvalue weighted by atomic mass is 10.2. The second-order valence-electron chi connectivity index (χ2n) is 2.75. The molecule has 2 aromatic heterocycles. The number of thiophene rings is 1. The maximum atomic E-state index is 6.00. The van der Waals surface area contributed by atoms with Gasteiger partial charge in [0.2, 0.25) is 0 Å². The van der Waals surface area contributed by atoms with Crippen molar-refractivity contribution in [1.82, 2.24) is 5.43 Å². The molecule has 2 rings (SSSR count). The first-order valence-corrected chi connectivity index (χ1v) is 5.31. The first-order valence-electron chi connectivity index (χ1n) is 4.05. The average Bonchev–Trinajstić information content (AvgIpc) is 2.80. The Kier molecular flexibility index (Phi) is 2.88. The fourth-order valence-corrected chi connectivity index (χ4v) is 2.49. The minimum absolute atomic E-state index is 0.169. The summed E-state index contributed by atoms with van der Waals surface area (Å²) >= 11 is 7.55. The molecule has 3 nitrogen and oxygen atoms in total. The van der Waals surface area contributed by atoms with Gasteiger partial charge in [0.05, 0.1) is 11.3 Å². The highest BCUT2D eigenvalue weighted by Gasteiger charge is 2.18. The topological polar surface area (TPSA) is 51.2 Å². The zero-order valence-corrected chi connectivity index (χ0v) is 8.81. The molecular weight excluding hydrogens is 220 g/mol. The smallest absolute Gasteiger partial charge is 0.127 e. The number of nitrogens with one attached hydrogen (secondary N) is 1. The van der Waals surface area contributed by atoms with Gasteiger partial charge in [0.15, 0.2) is 0 Å². The molecule has 0 saturated carbocycles. The van der Waals surface area contributed by atoms with Crippen LogP contribution in [-0.4, -0.2) is 0 Å². The molecule has 3 N–H and O–H groups in total.